The standard InChI is InChI=1S/C27H29N3O3/c1-3-32-26-15-20(12-13-25(26)33-18-22-10-6-5-9-21(22)16-28)14-23(17-29)27(31)30-24-11-7-4-8-19(24)2/h5-6,9-10,12-15,19,24H,3-4,7-8,11,18H2,1-2H3,(H,30,31)/b23-14+/t19-,24+/m1/s1. The second kappa shape index (κ2) is 11.7. The highest BCUT2D eigenvalue weighted by molar-refractivity contribution is 6.01. The lowest BCUT2D eigenvalue weighted by atomic mass is 9.86. The van der Waals surface area contributed by atoms with Crippen molar-refractivity contribution in [2.45, 2.75) is 52.2 Å². The maximum absolute atomic E-state index is 12.7. The normalized spacial score (nSPS) is 18.0. The van der Waals surface area contributed by atoms with Gasteiger partial charge in [0.1, 0.15) is 18.2 Å². The molecule has 0 saturated heterocycles. The molecule has 1 fully saturated rings. The average Bonchev–Trinajstić information content (AvgIpc) is 2.83. The van der Waals surface area contributed by atoms with Crippen LogP contribution in [0, 0.1) is 28.6 Å². The van der Waals surface area contributed by atoms with Crippen LogP contribution in [-0.4, -0.2) is 18.6 Å². The predicted octanol–water partition coefficient (Wildman–Crippen LogP) is 5.14. The fraction of sp³-hybridized carbons (Fsp3) is 0.370. The minimum absolute atomic E-state index is 0.0619. The van der Waals surface area contributed by atoms with Crippen LogP contribution in [0.3, 0.4) is 0 Å². The third kappa shape index (κ3) is 6.37. The van der Waals surface area contributed by atoms with E-state index in [1.165, 1.54) is 6.42 Å². The van der Waals surface area contributed by atoms with Gasteiger partial charge in [-0.25, -0.2) is 0 Å². The Hall–Kier alpha value is -3.77. The van der Waals surface area contributed by atoms with Gasteiger partial charge in [-0.1, -0.05) is 44.0 Å². The number of nitrogens with one attached hydrogen (secondary N) is 1. The van der Waals surface area contributed by atoms with Crippen LogP contribution < -0.4 is 14.8 Å². The first-order chi connectivity index (χ1) is 16.0. The molecule has 0 unspecified atom stereocenters. The van der Waals surface area contributed by atoms with Crippen molar-refractivity contribution in [2.24, 2.45) is 5.92 Å². The van der Waals surface area contributed by atoms with E-state index in [9.17, 15) is 15.3 Å². The SMILES string of the molecule is CCOc1cc(/C=C(\C#N)C(=O)N[C@H]2CCCC[C@H]2C)ccc1OCc1ccccc1C#N. The third-order valence-corrected chi connectivity index (χ3v) is 5.89. The van der Waals surface area contributed by atoms with Crippen molar-refractivity contribution in [3.63, 3.8) is 0 Å². The highest BCUT2D eigenvalue weighted by Gasteiger charge is 2.24. The van der Waals surface area contributed by atoms with Crippen molar-refractivity contribution in [2.75, 3.05) is 6.61 Å². The fourth-order valence-corrected chi connectivity index (χ4v) is 4.00. The molecule has 6 heteroatoms. The van der Waals surface area contributed by atoms with Crippen LogP contribution in [0.15, 0.2) is 48.0 Å². The van der Waals surface area contributed by atoms with Gasteiger partial charge in [0, 0.05) is 11.6 Å². The first-order valence-electron chi connectivity index (χ1n) is 11.4. The van der Waals surface area contributed by atoms with Crippen LogP contribution in [0.2, 0.25) is 0 Å². The maximum atomic E-state index is 12.7. The van der Waals surface area contributed by atoms with Gasteiger partial charge in [0.15, 0.2) is 11.5 Å². The van der Waals surface area contributed by atoms with Gasteiger partial charge in [-0.15, -0.1) is 0 Å². The molecule has 2 atom stereocenters. The molecule has 1 aliphatic rings. The number of amides is 1. The second-order valence-corrected chi connectivity index (χ2v) is 8.21. The molecular formula is C27H29N3O3. The van der Waals surface area contributed by atoms with Gasteiger partial charge < -0.3 is 14.8 Å². The lowest BCUT2D eigenvalue weighted by Gasteiger charge is -2.29. The third-order valence-electron chi connectivity index (χ3n) is 5.89. The van der Waals surface area contributed by atoms with Gasteiger partial charge in [0.25, 0.3) is 5.91 Å². The zero-order chi connectivity index (χ0) is 23.6. The Kier molecular flexibility index (Phi) is 8.49. The molecule has 1 amide bonds. The zero-order valence-electron chi connectivity index (χ0n) is 19.1. The summed E-state index contributed by atoms with van der Waals surface area (Å²) in [4.78, 5) is 12.7. The van der Waals surface area contributed by atoms with E-state index < -0.39 is 0 Å². The fourth-order valence-electron chi connectivity index (χ4n) is 4.00. The highest BCUT2D eigenvalue weighted by atomic mass is 16.5. The van der Waals surface area contributed by atoms with Crippen LogP contribution >= 0.6 is 0 Å². The number of hydrogen-bond donors (Lipinski definition) is 1. The highest BCUT2D eigenvalue weighted by Crippen LogP contribution is 2.30. The molecule has 3 rings (SSSR count). The first kappa shape index (κ1) is 23.9. The number of ether oxygens (including phenoxy) is 2. The van der Waals surface area contributed by atoms with Gasteiger partial charge in [0.05, 0.1) is 18.2 Å². The Balaban J connectivity index is 1.76. The van der Waals surface area contributed by atoms with Gasteiger partial charge in [-0.2, -0.15) is 10.5 Å². The summed E-state index contributed by atoms with van der Waals surface area (Å²) in [6.45, 7) is 4.67. The number of carbonyl (C=O) groups is 1. The molecule has 0 bridgehead atoms. The molecule has 1 saturated carbocycles. The second-order valence-electron chi connectivity index (χ2n) is 8.21. The predicted molar refractivity (Wildman–Crippen MR) is 126 cm³/mol. The topological polar surface area (TPSA) is 95.1 Å². The number of nitrogens with zero attached hydrogens (tertiary/aromatic N) is 2. The number of carbonyl (C=O) groups excluding carboxylic acids is 1. The monoisotopic (exact) mass is 443 g/mol. The van der Waals surface area contributed by atoms with Crippen molar-refractivity contribution in [1.82, 2.24) is 5.32 Å². The van der Waals surface area contributed by atoms with Gasteiger partial charge >= 0.3 is 0 Å². The van der Waals surface area contributed by atoms with Crippen LogP contribution in [0.5, 0.6) is 11.5 Å². The molecular weight excluding hydrogens is 414 g/mol. The quantitative estimate of drug-likeness (QED) is 0.450. The van der Waals surface area contributed by atoms with Crippen LogP contribution in [0.25, 0.3) is 6.08 Å². The smallest absolute Gasteiger partial charge is 0.262 e. The van der Waals surface area contributed by atoms with E-state index in [1.807, 2.05) is 31.2 Å². The number of benzene rings is 2. The average molecular weight is 444 g/mol. The zero-order valence-corrected chi connectivity index (χ0v) is 19.1. The minimum Gasteiger partial charge on any atom is -0.490 e. The van der Waals surface area contributed by atoms with Gasteiger partial charge in [-0.3, -0.25) is 4.79 Å². The molecule has 1 aliphatic carbocycles. The Morgan fingerprint density at radius 1 is 1.12 bits per heavy atom. The van der Waals surface area contributed by atoms with Crippen LogP contribution in [-0.2, 0) is 11.4 Å². The Morgan fingerprint density at radius 2 is 1.91 bits per heavy atom. The van der Waals surface area contributed by atoms with E-state index >= 15 is 0 Å². The minimum atomic E-state index is -0.345. The lowest BCUT2D eigenvalue weighted by Crippen LogP contribution is -2.41. The summed E-state index contributed by atoms with van der Waals surface area (Å²) in [6.07, 6.45) is 5.89. The molecule has 0 aromatic heterocycles. The van der Waals surface area contributed by atoms with Crippen molar-refractivity contribution in [3.05, 3.63) is 64.7 Å². The van der Waals surface area contributed by atoms with E-state index in [0.717, 1.165) is 24.8 Å². The molecule has 1 N–H and O–H groups in total. The number of rotatable bonds is 8. The lowest BCUT2D eigenvalue weighted by molar-refractivity contribution is -0.118. The molecule has 6 nitrogen and oxygen atoms in total. The molecule has 2 aromatic rings. The van der Waals surface area contributed by atoms with E-state index in [4.69, 9.17) is 9.47 Å². The van der Waals surface area contributed by atoms with Crippen molar-refractivity contribution in [3.8, 4) is 23.6 Å². The maximum Gasteiger partial charge on any atom is 0.262 e. The summed E-state index contributed by atoms with van der Waals surface area (Å²) in [5.74, 6) is 1.11. The molecule has 2 aromatic carbocycles. The van der Waals surface area contributed by atoms with Crippen molar-refractivity contribution >= 4 is 12.0 Å². The van der Waals surface area contributed by atoms with Crippen LogP contribution in [0.1, 0.15) is 56.2 Å². The summed E-state index contributed by atoms with van der Waals surface area (Å²) >= 11 is 0. The Bertz CT molecular complexity index is 1090. The largest absolute Gasteiger partial charge is 0.490 e. The molecule has 0 radical (unpaired) electrons. The number of nitriles is 2. The van der Waals surface area contributed by atoms with Gasteiger partial charge in [0.2, 0.25) is 0 Å². The molecule has 170 valence electrons. The van der Waals surface area contributed by atoms with E-state index in [-0.39, 0.29) is 24.1 Å². The summed E-state index contributed by atoms with van der Waals surface area (Å²) in [6, 6.07) is 16.8. The Labute approximate surface area is 195 Å². The van der Waals surface area contributed by atoms with E-state index in [2.05, 4.69) is 18.3 Å². The van der Waals surface area contributed by atoms with E-state index in [0.29, 0.717) is 35.2 Å². The molecule has 0 aliphatic heterocycles. The number of hydrogen-bond acceptors (Lipinski definition) is 5. The molecule has 0 spiro atoms. The summed E-state index contributed by atoms with van der Waals surface area (Å²) in [5, 5.41) is 21.9. The Morgan fingerprint density at radius 3 is 2.64 bits per heavy atom. The molecule has 33 heavy (non-hydrogen) atoms. The summed E-state index contributed by atoms with van der Waals surface area (Å²) < 4.78 is 11.7. The summed E-state index contributed by atoms with van der Waals surface area (Å²) in [7, 11) is 0. The van der Waals surface area contributed by atoms with E-state index in [1.54, 1.807) is 30.3 Å². The van der Waals surface area contributed by atoms with Gasteiger partial charge in [-0.05, 0) is 55.5 Å². The van der Waals surface area contributed by atoms with Crippen LogP contribution in [0.4, 0.5) is 0 Å². The summed E-state index contributed by atoms with van der Waals surface area (Å²) in [5.41, 5.74) is 2.08. The van der Waals surface area contributed by atoms with Crippen molar-refractivity contribution in [1.29, 1.82) is 10.5 Å². The molecule has 0 heterocycles. The first-order valence-corrected chi connectivity index (χ1v) is 11.4. The van der Waals surface area contributed by atoms with Crippen molar-refractivity contribution < 1.29 is 14.3 Å².